The van der Waals surface area contributed by atoms with Crippen molar-refractivity contribution in [2.75, 3.05) is 0 Å². The Morgan fingerprint density at radius 1 is 1.33 bits per heavy atom. The van der Waals surface area contributed by atoms with Crippen molar-refractivity contribution in [2.45, 2.75) is 19.6 Å². The largest absolute Gasteiger partial charge is 0.458 e. The lowest BCUT2D eigenvalue weighted by Crippen LogP contribution is -2.26. The molecule has 0 saturated heterocycles. The van der Waals surface area contributed by atoms with Gasteiger partial charge in [-0.05, 0) is 23.9 Å². The summed E-state index contributed by atoms with van der Waals surface area (Å²) in [5.41, 5.74) is 5.73. The van der Waals surface area contributed by atoms with E-state index in [2.05, 4.69) is 4.98 Å². The zero-order chi connectivity index (χ0) is 10.7. The van der Waals surface area contributed by atoms with Crippen LogP contribution >= 0.6 is 0 Å². The Balaban J connectivity index is 2.42. The van der Waals surface area contributed by atoms with Gasteiger partial charge in [-0.15, -0.1) is 0 Å². The molecule has 3 nitrogen and oxygen atoms in total. The summed E-state index contributed by atoms with van der Waals surface area (Å²) in [5, 5.41) is 2.12. The number of nitrogens with two attached hydrogens (primary N) is 1. The quantitative estimate of drug-likeness (QED) is 0.777. The average molecular weight is 202 g/mol. The van der Waals surface area contributed by atoms with Gasteiger partial charge in [-0.1, -0.05) is 25.1 Å². The maximum atomic E-state index is 5.73. The maximum Gasteiger partial charge on any atom is 0.222 e. The summed E-state index contributed by atoms with van der Waals surface area (Å²) in [5.74, 6) is 0.613. The lowest BCUT2D eigenvalue weighted by atomic mass is 10.2. The zero-order valence-electron chi connectivity index (χ0n) is 8.68. The van der Waals surface area contributed by atoms with E-state index in [1.54, 1.807) is 6.20 Å². The van der Waals surface area contributed by atoms with Gasteiger partial charge in [-0.25, -0.2) is 4.98 Å². The summed E-state index contributed by atoms with van der Waals surface area (Å²) in [4.78, 5) is 4.19. The van der Waals surface area contributed by atoms with E-state index in [1.807, 2.05) is 37.3 Å². The van der Waals surface area contributed by atoms with E-state index in [0.29, 0.717) is 5.88 Å². The summed E-state index contributed by atoms with van der Waals surface area (Å²) >= 11 is 0. The Hall–Kier alpha value is -1.61. The van der Waals surface area contributed by atoms with Gasteiger partial charge in [-0.3, -0.25) is 5.73 Å². The third-order valence-corrected chi connectivity index (χ3v) is 2.30. The van der Waals surface area contributed by atoms with E-state index in [4.69, 9.17) is 10.5 Å². The van der Waals surface area contributed by atoms with Gasteiger partial charge >= 0.3 is 0 Å². The van der Waals surface area contributed by atoms with E-state index in [0.717, 1.165) is 17.2 Å². The third kappa shape index (κ3) is 2.07. The smallest absolute Gasteiger partial charge is 0.222 e. The summed E-state index contributed by atoms with van der Waals surface area (Å²) < 4.78 is 5.54. The van der Waals surface area contributed by atoms with Crippen LogP contribution in [0.2, 0.25) is 0 Å². The minimum Gasteiger partial charge on any atom is -0.458 e. The number of nitrogens with zero attached hydrogens (tertiary/aromatic N) is 1. The lowest BCUT2D eigenvalue weighted by molar-refractivity contribution is 0.199. The zero-order valence-corrected chi connectivity index (χ0v) is 8.68. The van der Waals surface area contributed by atoms with Gasteiger partial charge in [0, 0.05) is 11.6 Å². The first-order chi connectivity index (χ1) is 7.31. The van der Waals surface area contributed by atoms with Crippen molar-refractivity contribution >= 4 is 10.8 Å². The highest BCUT2D eigenvalue weighted by Gasteiger charge is 2.06. The van der Waals surface area contributed by atoms with Crippen LogP contribution in [-0.4, -0.2) is 11.2 Å². The highest BCUT2D eigenvalue weighted by Crippen LogP contribution is 2.22. The summed E-state index contributed by atoms with van der Waals surface area (Å²) in [6, 6.07) is 9.93. The molecule has 78 valence electrons. The first-order valence-corrected chi connectivity index (χ1v) is 5.07. The Kier molecular flexibility index (Phi) is 2.83. The number of aromatic nitrogens is 1. The molecule has 0 aliphatic carbocycles. The molecule has 0 aliphatic heterocycles. The number of pyridine rings is 1. The monoisotopic (exact) mass is 202 g/mol. The first-order valence-electron chi connectivity index (χ1n) is 5.07. The van der Waals surface area contributed by atoms with Crippen LogP contribution in [0.5, 0.6) is 5.88 Å². The van der Waals surface area contributed by atoms with Gasteiger partial charge in [0.15, 0.2) is 0 Å². The van der Waals surface area contributed by atoms with Crippen LogP contribution in [0, 0.1) is 0 Å². The summed E-state index contributed by atoms with van der Waals surface area (Å²) in [6.07, 6.45) is 2.22. The second-order valence-electron chi connectivity index (χ2n) is 3.40. The highest BCUT2D eigenvalue weighted by atomic mass is 16.5. The fourth-order valence-corrected chi connectivity index (χ4v) is 1.41. The molecule has 0 saturated carbocycles. The molecule has 1 unspecified atom stereocenters. The van der Waals surface area contributed by atoms with Crippen LogP contribution in [0.3, 0.4) is 0 Å². The van der Waals surface area contributed by atoms with Gasteiger partial charge in [-0.2, -0.15) is 0 Å². The Morgan fingerprint density at radius 2 is 2.13 bits per heavy atom. The topological polar surface area (TPSA) is 48.1 Å². The van der Waals surface area contributed by atoms with E-state index in [9.17, 15) is 0 Å². The molecular weight excluding hydrogens is 188 g/mol. The standard InChI is InChI=1S/C12H14N2O/c1-2-11(13)15-12-10-6-4-3-5-9(10)7-8-14-12/h3-8,11H,2,13H2,1H3. The molecule has 0 fully saturated rings. The molecule has 2 rings (SSSR count). The number of ether oxygens (including phenoxy) is 1. The fraction of sp³-hybridized carbons (Fsp3) is 0.250. The van der Waals surface area contributed by atoms with Gasteiger partial charge in [0.05, 0.1) is 0 Å². The number of hydrogen-bond acceptors (Lipinski definition) is 3. The molecule has 0 bridgehead atoms. The molecule has 0 spiro atoms. The molecule has 3 heteroatoms. The molecule has 1 atom stereocenters. The van der Waals surface area contributed by atoms with E-state index >= 15 is 0 Å². The molecule has 0 aliphatic rings. The minimum atomic E-state index is -0.289. The second kappa shape index (κ2) is 4.28. The van der Waals surface area contributed by atoms with Gasteiger partial charge in [0.25, 0.3) is 0 Å². The Bertz CT molecular complexity index is 451. The normalized spacial score (nSPS) is 12.7. The SMILES string of the molecule is CCC(N)Oc1nccc2ccccc12. The van der Waals surface area contributed by atoms with Crippen molar-refractivity contribution in [3.8, 4) is 5.88 Å². The Labute approximate surface area is 88.9 Å². The lowest BCUT2D eigenvalue weighted by Gasteiger charge is -2.12. The molecule has 0 amide bonds. The van der Waals surface area contributed by atoms with Crippen molar-refractivity contribution in [3.63, 3.8) is 0 Å². The van der Waals surface area contributed by atoms with E-state index in [1.165, 1.54) is 0 Å². The second-order valence-corrected chi connectivity index (χ2v) is 3.40. The fourth-order valence-electron chi connectivity index (χ4n) is 1.41. The van der Waals surface area contributed by atoms with Crippen molar-refractivity contribution in [1.29, 1.82) is 0 Å². The molecular formula is C12H14N2O. The maximum absolute atomic E-state index is 5.73. The average Bonchev–Trinajstić information content (AvgIpc) is 2.29. The molecule has 1 heterocycles. The van der Waals surface area contributed by atoms with Crippen molar-refractivity contribution < 1.29 is 4.74 Å². The van der Waals surface area contributed by atoms with Gasteiger partial charge in [0.2, 0.25) is 5.88 Å². The van der Waals surface area contributed by atoms with Gasteiger partial charge in [0.1, 0.15) is 6.23 Å². The van der Waals surface area contributed by atoms with E-state index in [-0.39, 0.29) is 6.23 Å². The van der Waals surface area contributed by atoms with Crippen LogP contribution in [0.25, 0.3) is 10.8 Å². The first kappa shape index (κ1) is 9.93. The molecule has 15 heavy (non-hydrogen) atoms. The minimum absolute atomic E-state index is 0.289. The number of hydrogen-bond donors (Lipinski definition) is 1. The van der Waals surface area contributed by atoms with Crippen LogP contribution < -0.4 is 10.5 Å². The summed E-state index contributed by atoms with van der Waals surface area (Å²) in [6.45, 7) is 1.98. The van der Waals surface area contributed by atoms with E-state index < -0.39 is 0 Å². The Morgan fingerprint density at radius 3 is 2.93 bits per heavy atom. The molecule has 1 aromatic carbocycles. The third-order valence-electron chi connectivity index (χ3n) is 2.30. The highest BCUT2D eigenvalue weighted by molar-refractivity contribution is 5.86. The molecule has 0 radical (unpaired) electrons. The van der Waals surface area contributed by atoms with Crippen LogP contribution in [-0.2, 0) is 0 Å². The van der Waals surface area contributed by atoms with Crippen LogP contribution in [0.15, 0.2) is 36.5 Å². The predicted molar refractivity (Wildman–Crippen MR) is 60.6 cm³/mol. The number of rotatable bonds is 3. The molecule has 2 aromatic rings. The van der Waals surface area contributed by atoms with Crippen molar-refractivity contribution in [2.24, 2.45) is 5.73 Å². The molecule has 2 N–H and O–H groups in total. The predicted octanol–water partition coefficient (Wildman–Crippen LogP) is 2.31. The van der Waals surface area contributed by atoms with Crippen LogP contribution in [0.4, 0.5) is 0 Å². The number of benzene rings is 1. The van der Waals surface area contributed by atoms with Crippen molar-refractivity contribution in [1.82, 2.24) is 4.98 Å². The van der Waals surface area contributed by atoms with Crippen LogP contribution in [0.1, 0.15) is 13.3 Å². The van der Waals surface area contributed by atoms with Gasteiger partial charge < -0.3 is 4.74 Å². The van der Waals surface area contributed by atoms with Crippen molar-refractivity contribution in [3.05, 3.63) is 36.5 Å². The number of fused-ring (bicyclic) bond motifs is 1. The summed E-state index contributed by atoms with van der Waals surface area (Å²) in [7, 11) is 0. The molecule has 1 aromatic heterocycles.